The zero-order valence-electron chi connectivity index (χ0n) is 11.0. The number of rotatable bonds is 4. The molecular formula is C13H11ClN4O3. The Bertz CT molecular complexity index is 733. The molecule has 0 bridgehead atoms. The molecule has 2 rings (SSSR count). The zero-order chi connectivity index (χ0) is 15.6. The highest BCUT2D eigenvalue weighted by atomic mass is 35.5. The topological polar surface area (TPSA) is 115 Å². The minimum atomic E-state index is -0.578. The van der Waals surface area contributed by atoms with Crippen molar-refractivity contribution in [1.82, 2.24) is 4.98 Å². The molecule has 0 spiro atoms. The Morgan fingerprint density at radius 1 is 1.43 bits per heavy atom. The number of nitro benzene ring substituents is 1. The van der Waals surface area contributed by atoms with Crippen molar-refractivity contribution in [2.24, 2.45) is 5.73 Å². The summed E-state index contributed by atoms with van der Waals surface area (Å²) in [5, 5.41) is 18.1. The average molecular weight is 307 g/mol. The van der Waals surface area contributed by atoms with E-state index in [1.807, 2.05) is 0 Å². The van der Waals surface area contributed by atoms with Crippen LogP contribution in [0.15, 0.2) is 30.3 Å². The number of aromatic nitrogens is 1. The van der Waals surface area contributed by atoms with E-state index in [1.54, 1.807) is 13.0 Å². The molecule has 0 amide bonds. The summed E-state index contributed by atoms with van der Waals surface area (Å²) in [6.45, 7) is 1.74. The Labute approximate surface area is 125 Å². The number of amidine groups is 1. The van der Waals surface area contributed by atoms with Gasteiger partial charge in [0.1, 0.15) is 16.6 Å². The lowest BCUT2D eigenvalue weighted by Gasteiger charge is -2.08. The molecule has 0 aliphatic rings. The Balaban J connectivity index is 2.32. The van der Waals surface area contributed by atoms with Crippen molar-refractivity contribution in [1.29, 1.82) is 5.41 Å². The van der Waals surface area contributed by atoms with Gasteiger partial charge in [-0.2, -0.15) is 0 Å². The SMILES string of the molecule is Cc1cc(C(=N)N)cc(Oc2ccc([N+](=O)[O-])c(Cl)c2)n1. The highest BCUT2D eigenvalue weighted by Crippen LogP contribution is 2.30. The van der Waals surface area contributed by atoms with Crippen LogP contribution in [0.25, 0.3) is 0 Å². The second kappa shape index (κ2) is 5.76. The van der Waals surface area contributed by atoms with Crippen LogP contribution in [0.3, 0.4) is 0 Å². The molecular weight excluding hydrogens is 296 g/mol. The van der Waals surface area contributed by atoms with Crippen LogP contribution in [-0.2, 0) is 0 Å². The molecule has 8 heteroatoms. The summed E-state index contributed by atoms with van der Waals surface area (Å²) in [7, 11) is 0. The van der Waals surface area contributed by atoms with Crippen LogP contribution in [-0.4, -0.2) is 15.7 Å². The number of aryl methyl sites for hydroxylation is 1. The molecule has 0 aliphatic carbocycles. The molecule has 7 nitrogen and oxygen atoms in total. The predicted octanol–water partition coefficient (Wildman–Crippen LogP) is 3.03. The molecule has 0 aliphatic heterocycles. The number of pyridine rings is 1. The van der Waals surface area contributed by atoms with Crippen LogP contribution >= 0.6 is 11.6 Å². The van der Waals surface area contributed by atoms with Gasteiger partial charge >= 0.3 is 0 Å². The standard InChI is InChI=1S/C13H11ClN4O3/c1-7-4-8(13(15)16)5-12(17-7)21-9-2-3-11(18(19)20)10(14)6-9/h2-6H,1H3,(H3,15,16). The first-order chi connectivity index (χ1) is 9.86. The van der Waals surface area contributed by atoms with E-state index < -0.39 is 4.92 Å². The van der Waals surface area contributed by atoms with Gasteiger partial charge in [-0.05, 0) is 19.1 Å². The van der Waals surface area contributed by atoms with E-state index in [-0.39, 0.29) is 22.4 Å². The number of halogens is 1. The first-order valence-electron chi connectivity index (χ1n) is 5.81. The largest absolute Gasteiger partial charge is 0.439 e. The molecule has 0 fully saturated rings. The maximum atomic E-state index is 10.7. The summed E-state index contributed by atoms with van der Waals surface area (Å²) in [5.41, 5.74) is 6.33. The fourth-order valence-electron chi connectivity index (χ4n) is 1.67. The number of hydrogen-bond acceptors (Lipinski definition) is 5. The van der Waals surface area contributed by atoms with E-state index in [9.17, 15) is 10.1 Å². The fraction of sp³-hybridized carbons (Fsp3) is 0.0769. The van der Waals surface area contributed by atoms with Crippen LogP contribution in [0, 0.1) is 22.4 Å². The predicted molar refractivity (Wildman–Crippen MR) is 78.2 cm³/mol. The zero-order valence-corrected chi connectivity index (χ0v) is 11.7. The van der Waals surface area contributed by atoms with E-state index >= 15 is 0 Å². The highest BCUT2D eigenvalue weighted by molar-refractivity contribution is 6.32. The quantitative estimate of drug-likeness (QED) is 0.390. The Kier molecular flexibility index (Phi) is 4.04. The maximum absolute atomic E-state index is 10.7. The number of hydrogen-bond donors (Lipinski definition) is 2. The van der Waals surface area contributed by atoms with Crippen molar-refractivity contribution in [3.8, 4) is 11.6 Å². The molecule has 1 aromatic carbocycles. The second-order valence-electron chi connectivity index (χ2n) is 4.22. The van der Waals surface area contributed by atoms with Crippen molar-refractivity contribution in [3.05, 3.63) is 56.7 Å². The van der Waals surface area contributed by atoms with Crippen LogP contribution in [0.1, 0.15) is 11.3 Å². The minimum absolute atomic E-state index is 0.0306. The number of nitrogens with one attached hydrogen (secondary N) is 1. The van der Waals surface area contributed by atoms with Gasteiger partial charge in [0.25, 0.3) is 5.69 Å². The van der Waals surface area contributed by atoms with Crippen LogP contribution in [0.4, 0.5) is 5.69 Å². The summed E-state index contributed by atoms with van der Waals surface area (Å²) in [6.07, 6.45) is 0. The molecule has 0 unspecified atom stereocenters. The average Bonchev–Trinajstić information content (AvgIpc) is 2.37. The summed E-state index contributed by atoms with van der Waals surface area (Å²) in [5.74, 6) is 0.426. The normalized spacial score (nSPS) is 10.2. The van der Waals surface area contributed by atoms with Gasteiger partial charge in [0.15, 0.2) is 0 Å². The Morgan fingerprint density at radius 3 is 2.71 bits per heavy atom. The van der Waals surface area contributed by atoms with Crippen LogP contribution in [0.5, 0.6) is 11.6 Å². The van der Waals surface area contributed by atoms with Crippen molar-refractivity contribution in [3.63, 3.8) is 0 Å². The monoisotopic (exact) mass is 306 g/mol. The molecule has 0 saturated heterocycles. The van der Waals surface area contributed by atoms with Gasteiger partial charge in [0.2, 0.25) is 5.88 Å². The molecule has 1 aromatic heterocycles. The molecule has 1 heterocycles. The third-order valence-corrected chi connectivity index (χ3v) is 2.88. The van der Waals surface area contributed by atoms with Crippen molar-refractivity contribution in [2.45, 2.75) is 6.92 Å². The van der Waals surface area contributed by atoms with Gasteiger partial charge in [0.05, 0.1) is 4.92 Å². The first kappa shape index (κ1) is 14.7. The van der Waals surface area contributed by atoms with Crippen molar-refractivity contribution in [2.75, 3.05) is 0 Å². The third kappa shape index (κ3) is 3.46. The summed E-state index contributed by atoms with van der Waals surface area (Å²) in [6, 6.07) is 7.15. The molecule has 3 N–H and O–H groups in total. The summed E-state index contributed by atoms with van der Waals surface area (Å²) < 4.78 is 5.50. The van der Waals surface area contributed by atoms with Crippen molar-refractivity contribution >= 4 is 23.1 Å². The lowest BCUT2D eigenvalue weighted by Crippen LogP contribution is -2.11. The Morgan fingerprint density at radius 2 is 2.14 bits per heavy atom. The van der Waals surface area contributed by atoms with E-state index in [1.165, 1.54) is 24.3 Å². The van der Waals surface area contributed by atoms with Crippen LogP contribution in [0.2, 0.25) is 5.02 Å². The lowest BCUT2D eigenvalue weighted by atomic mass is 10.2. The summed E-state index contributed by atoms with van der Waals surface area (Å²) >= 11 is 5.81. The van der Waals surface area contributed by atoms with Gasteiger partial charge in [-0.3, -0.25) is 15.5 Å². The number of nitrogens with two attached hydrogens (primary N) is 1. The molecule has 2 aromatic rings. The molecule has 108 valence electrons. The van der Waals surface area contributed by atoms with Gasteiger partial charge in [0, 0.05) is 29.5 Å². The van der Waals surface area contributed by atoms with Crippen LogP contribution < -0.4 is 10.5 Å². The molecule has 0 saturated carbocycles. The fourth-order valence-corrected chi connectivity index (χ4v) is 1.91. The van der Waals surface area contributed by atoms with Gasteiger partial charge in [-0.25, -0.2) is 4.98 Å². The first-order valence-corrected chi connectivity index (χ1v) is 6.19. The van der Waals surface area contributed by atoms with E-state index in [4.69, 9.17) is 27.5 Å². The van der Waals surface area contributed by atoms with Gasteiger partial charge in [-0.15, -0.1) is 0 Å². The number of benzene rings is 1. The lowest BCUT2D eigenvalue weighted by molar-refractivity contribution is -0.384. The molecule has 21 heavy (non-hydrogen) atoms. The highest BCUT2D eigenvalue weighted by Gasteiger charge is 2.13. The van der Waals surface area contributed by atoms with Gasteiger partial charge in [-0.1, -0.05) is 11.6 Å². The van der Waals surface area contributed by atoms with Crippen molar-refractivity contribution < 1.29 is 9.66 Å². The molecule has 0 atom stereocenters. The summed E-state index contributed by atoms with van der Waals surface area (Å²) in [4.78, 5) is 14.3. The molecule has 0 radical (unpaired) electrons. The third-order valence-electron chi connectivity index (χ3n) is 2.58. The second-order valence-corrected chi connectivity index (χ2v) is 4.63. The Hall–Kier alpha value is -2.67. The number of ether oxygens (including phenoxy) is 1. The smallest absolute Gasteiger partial charge is 0.288 e. The minimum Gasteiger partial charge on any atom is -0.439 e. The number of nitro groups is 1. The number of nitrogen functional groups attached to an aromatic ring is 1. The van der Waals surface area contributed by atoms with E-state index in [2.05, 4.69) is 4.98 Å². The van der Waals surface area contributed by atoms with E-state index in [0.717, 1.165) is 0 Å². The van der Waals surface area contributed by atoms with E-state index in [0.29, 0.717) is 17.0 Å². The number of nitrogens with zero attached hydrogens (tertiary/aromatic N) is 2. The van der Waals surface area contributed by atoms with Gasteiger partial charge < -0.3 is 10.5 Å². The maximum Gasteiger partial charge on any atom is 0.288 e.